The third kappa shape index (κ3) is 4.50. The molecule has 4 rings (SSSR count). The predicted octanol–water partition coefficient (Wildman–Crippen LogP) is -0.904. The molecule has 1 amide bonds. The predicted molar refractivity (Wildman–Crippen MR) is 126 cm³/mol. The zero-order valence-electron chi connectivity index (χ0n) is 20.0. The van der Waals surface area contributed by atoms with Crippen LogP contribution in [0.25, 0.3) is 11.2 Å². The Balaban J connectivity index is 1.75. The average Bonchev–Trinajstić information content (AvgIpc) is 3.21. The number of fused-ring (bicyclic) bond motifs is 1. The summed E-state index contributed by atoms with van der Waals surface area (Å²) in [4.78, 5) is 55.1. The Morgan fingerprint density at radius 2 is 1.92 bits per heavy atom. The van der Waals surface area contributed by atoms with E-state index in [9.17, 15) is 29.4 Å². The Morgan fingerprint density at radius 1 is 1.19 bits per heavy atom. The van der Waals surface area contributed by atoms with Gasteiger partial charge in [-0.25, -0.2) is 14.6 Å². The van der Waals surface area contributed by atoms with Crippen molar-refractivity contribution in [2.45, 2.75) is 31.1 Å². The summed E-state index contributed by atoms with van der Waals surface area (Å²) in [7, 11) is 2.82. The first-order valence-corrected chi connectivity index (χ1v) is 11.2. The number of hydrogen-bond acceptors (Lipinski definition) is 8. The summed E-state index contributed by atoms with van der Waals surface area (Å²) < 4.78 is 8.77. The molecule has 1 aliphatic heterocycles. The van der Waals surface area contributed by atoms with Crippen LogP contribution in [0.2, 0.25) is 0 Å². The van der Waals surface area contributed by atoms with E-state index in [4.69, 9.17) is 9.84 Å². The molecule has 3 N–H and O–H groups in total. The number of nitrogens with zero attached hydrogens (tertiary/aromatic N) is 5. The second kappa shape index (κ2) is 9.24. The van der Waals surface area contributed by atoms with Gasteiger partial charge >= 0.3 is 11.7 Å². The zero-order valence-corrected chi connectivity index (χ0v) is 20.0. The van der Waals surface area contributed by atoms with Gasteiger partial charge in [0.15, 0.2) is 17.8 Å². The molecule has 3 heterocycles. The van der Waals surface area contributed by atoms with Gasteiger partial charge in [0.1, 0.15) is 5.75 Å². The quantitative estimate of drug-likeness (QED) is 0.401. The Bertz CT molecular complexity index is 1450. The molecule has 0 radical (unpaired) electrons. The smallest absolute Gasteiger partial charge is 0.341 e. The normalized spacial score (nSPS) is 22.4. The molecule has 13 heteroatoms. The lowest BCUT2D eigenvalue weighted by Crippen LogP contribution is -2.44. The molecule has 3 aromatic rings. The number of imidazole rings is 1. The number of hydrogen-bond donors (Lipinski definition) is 3. The molecule has 2 aromatic heterocycles. The van der Waals surface area contributed by atoms with E-state index in [1.54, 1.807) is 6.07 Å². The number of β-amino-alcohol motifs (C(OH)–C–C–N with tert-alkyl or cyclic N) is 1. The van der Waals surface area contributed by atoms with E-state index in [0.29, 0.717) is 0 Å². The van der Waals surface area contributed by atoms with Crippen LogP contribution in [0.5, 0.6) is 5.75 Å². The summed E-state index contributed by atoms with van der Waals surface area (Å²) in [5, 5.41) is 30.8. The van der Waals surface area contributed by atoms with Gasteiger partial charge in [0.2, 0.25) is 0 Å². The van der Waals surface area contributed by atoms with Gasteiger partial charge in [-0.3, -0.25) is 18.7 Å². The largest absolute Gasteiger partial charge is 0.482 e. The van der Waals surface area contributed by atoms with Crippen LogP contribution in [0.3, 0.4) is 0 Å². The van der Waals surface area contributed by atoms with Gasteiger partial charge in [-0.1, -0.05) is 6.07 Å². The van der Waals surface area contributed by atoms with Crippen LogP contribution in [0.4, 0.5) is 0 Å². The number of carbonyl (C=O) groups is 2. The van der Waals surface area contributed by atoms with E-state index >= 15 is 0 Å². The van der Waals surface area contributed by atoms with Crippen LogP contribution in [0, 0.1) is 0 Å². The van der Waals surface area contributed by atoms with Gasteiger partial charge in [0, 0.05) is 39.2 Å². The van der Waals surface area contributed by atoms with E-state index in [0.717, 1.165) is 4.57 Å². The zero-order chi connectivity index (χ0) is 26.4. The van der Waals surface area contributed by atoms with Crippen molar-refractivity contribution < 1.29 is 29.6 Å². The molecule has 36 heavy (non-hydrogen) atoms. The highest BCUT2D eigenvalue weighted by molar-refractivity contribution is 5.94. The van der Waals surface area contributed by atoms with Crippen molar-refractivity contribution in [3.63, 3.8) is 0 Å². The van der Waals surface area contributed by atoms with Gasteiger partial charge < -0.3 is 29.5 Å². The highest BCUT2D eigenvalue weighted by atomic mass is 16.5. The maximum absolute atomic E-state index is 13.4. The Hall–Kier alpha value is -3.97. The maximum Gasteiger partial charge on any atom is 0.341 e. The lowest BCUT2D eigenvalue weighted by atomic mass is 9.91. The Kier molecular flexibility index (Phi) is 6.45. The number of carbonyl (C=O) groups excluding carboxylic acids is 1. The van der Waals surface area contributed by atoms with Gasteiger partial charge in [-0.2, -0.15) is 0 Å². The maximum atomic E-state index is 13.4. The van der Waals surface area contributed by atoms with E-state index in [2.05, 4.69) is 4.98 Å². The minimum absolute atomic E-state index is 0.0812. The van der Waals surface area contributed by atoms with Crippen LogP contribution >= 0.6 is 0 Å². The number of carboxylic acids is 1. The summed E-state index contributed by atoms with van der Waals surface area (Å²) in [6.45, 7) is 0.763. The fourth-order valence-electron chi connectivity index (χ4n) is 4.61. The van der Waals surface area contributed by atoms with Gasteiger partial charge in [0.05, 0.1) is 24.1 Å². The highest BCUT2D eigenvalue weighted by Crippen LogP contribution is 2.33. The van der Waals surface area contributed by atoms with Crippen LogP contribution < -0.4 is 16.0 Å². The van der Waals surface area contributed by atoms with E-state index in [1.807, 2.05) is 0 Å². The monoisotopic (exact) mass is 501 g/mol. The minimum Gasteiger partial charge on any atom is -0.482 e. The Morgan fingerprint density at radius 3 is 2.61 bits per heavy atom. The summed E-state index contributed by atoms with van der Waals surface area (Å²) in [5.41, 5.74) is -2.30. The summed E-state index contributed by atoms with van der Waals surface area (Å²) >= 11 is 0. The molecule has 0 bridgehead atoms. The lowest BCUT2D eigenvalue weighted by molar-refractivity contribution is -0.139. The third-order valence-corrected chi connectivity index (χ3v) is 6.43. The molecule has 1 saturated heterocycles. The summed E-state index contributed by atoms with van der Waals surface area (Å²) in [5.74, 6) is -1.46. The SMILES string of the molecule is Cn1c(=O)c2c(ncn2[C@H]2CN(C(=O)c3cccc(OCC(=O)O)c3)C[C@H](O)C[C@]2(C)O)n(C)c1=O. The van der Waals surface area contributed by atoms with Gasteiger partial charge in [0.25, 0.3) is 11.5 Å². The first-order chi connectivity index (χ1) is 16.9. The Labute approximate surface area is 204 Å². The molecule has 3 atom stereocenters. The number of aromatic nitrogens is 4. The van der Waals surface area contributed by atoms with Crippen molar-refractivity contribution >= 4 is 23.0 Å². The fraction of sp³-hybridized carbons (Fsp3) is 0.435. The van der Waals surface area contributed by atoms with Gasteiger partial charge in [-0.05, 0) is 25.1 Å². The standard InChI is InChI=1S/C23H27N5O8/c1-23(35)8-14(29)9-27(20(32)13-5-4-6-15(7-13)36-11-17(30)31)10-16(23)28-12-24-19-18(28)21(33)26(3)22(34)25(19)2/h4-7,12,14,16,29,35H,8-11H2,1-3H3,(H,30,31)/t14-,16+,23+/m1/s1. The number of aryl methyl sites for hydroxylation is 1. The molecule has 13 nitrogen and oxygen atoms in total. The molecule has 0 saturated carbocycles. The topological polar surface area (TPSA) is 169 Å². The van der Waals surface area contributed by atoms with Crippen molar-refractivity contribution in [2.24, 2.45) is 14.1 Å². The van der Waals surface area contributed by atoms with Crippen molar-refractivity contribution in [3.05, 3.63) is 57.0 Å². The number of amides is 1. The fourth-order valence-corrected chi connectivity index (χ4v) is 4.61. The van der Waals surface area contributed by atoms with E-state index in [1.165, 1.54) is 59.6 Å². The molecule has 1 fully saturated rings. The number of aliphatic hydroxyl groups excluding tert-OH is 1. The van der Waals surface area contributed by atoms with Crippen LogP contribution in [-0.2, 0) is 18.9 Å². The van der Waals surface area contributed by atoms with Crippen LogP contribution in [0.1, 0.15) is 29.7 Å². The number of rotatable bonds is 5. The molecular weight excluding hydrogens is 474 g/mol. The third-order valence-electron chi connectivity index (χ3n) is 6.43. The minimum atomic E-state index is -1.55. The summed E-state index contributed by atoms with van der Waals surface area (Å²) in [6.07, 6.45) is 0.183. The number of likely N-dealkylation sites (tertiary alicyclic amines) is 1. The number of benzene rings is 1. The molecule has 0 spiro atoms. The number of ether oxygens (including phenoxy) is 1. The number of aliphatic hydroxyl groups is 2. The average molecular weight is 501 g/mol. The van der Waals surface area contributed by atoms with E-state index in [-0.39, 0.29) is 42.0 Å². The van der Waals surface area contributed by atoms with Crippen molar-refractivity contribution in [1.29, 1.82) is 0 Å². The first-order valence-electron chi connectivity index (χ1n) is 11.2. The second-order valence-electron chi connectivity index (χ2n) is 9.18. The molecule has 1 aliphatic rings. The number of aliphatic carboxylic acids is 1. The van der Waals surface area contributed by atoms with Crippen molar-refractivity contribution in [3.8, 4) is 5.75 Å². The summed E-state index contributed by atoms with van der Waals surface area (Å²) in [6, 6.07) is 5.09. The lowest BCUT2D eigenvalue weighted by Gasteiger charge is -2.34. The second-order valence-corrected chi connectivity index (χ2v) is 9.18. The molecule has 0 aliphatic carbocycles. The van der Waals surface area contributed by atoms with Crippen LogP contribution in [-0.4, -0.2) is 82.2 Å². The molecule has 192 valence electrons. The highest BCUT2D eigenvalue weighted by Gasteiger charge is 2.42. The first kappa shape index (κ1) is 25.1. The van der Waals surface area contributed by atoms with Gasteiger partial charge in [-0.15, -0.1) is 0 Å². The van der Waals surface area contributed by atoms with E-state index < -0.39 is 47.5 Å². The molecular formula is C23H27N5O8. The van der Waals surface area contributed by atoms with Crippen LogP contribution in [0.15, 0.2) is 40.2 Å². The molecule has 1 aromatic carbocycles. The van der Waals surface area contributed by atoms with Crippen molar-refractivity contribution in [1.82, 2.24) is 23.6 Å². The van der Waals surface area contributed by atoms with Crippen molar-refractivity contribution in [2.75, 3.05) is 19.7 Å². The number of carboxylic acid groups (broad SMARTS) is 1. The molecule has 0 unspecified atom stereocenters.